The zero-order chi connectivity index (χ0) is 22.9. The molecule has 1 fully saturated rings. The molecule has 31 heavy (non-hydrogen) atoms. The standard InChI is InChI=1S/C21H33F2N5O3/c1-21(2,3)31-20(29)26-12-7-11-25-19(24-4)27-15-10-13-28(14-15)16-8-5-6-9-17(16)30-18(22)23/h5-6,8-9,15,18H,7,10-14H2,1-4H3,(H,26,29)(H2,24,25,27). The fraction of sp³-hybridized carbons (Fsp3) is 0.619. The van der Waals surface area contributed by atoms with Gasteiger partial charge in [0.1, 0.15) is 11.4 Å². The molecule has 1 amide bonds. The lowest BCUT2D eigenvalue weighted by Gasteiger charge is -2.22. The van der Waals surface area contributed by atoms with E-state index in [1.54, 1.807) is 31.3 Å². The molecule has 1 saturated heterocycles. The minimum atomic E-state index is -2.86. The van der Waals surface area contributed by atoms with E-state index in [2.05, 4.69) is 25.7 Å². The normalized spacial score (nSPS) is 16.9. The maximum absolute atomic E-state index is 12.7. The monoisotopic (exact) mass is 441 g/mol. The van der Waals surface area contributed by atoms with E-state index >= 15 is 0 Å². The van der Waals surface area contributed by atoms with E-state index in [9.17, 15) is 13.6 Å². The van der Waals surface area contributed by atoms with E-state index in [4.69, 9.17) is 4.74 Å². The Morgan fingerprint density at radius 2 is 1.97 bits per heavy atom. The summed E-state index contributed by atoms with van der Waals surface area (Å²) in [6.45, 7) is 5.07. The van der Waals surface area contributed by atoms with Crippen molar-refractivity contribution in [3.63, 3.8) is 0 Å². The summed E-state index contributed by atoms with van der Waals surface area (Å²) in [5.41, 5.74) is 0.137. The van der Waals surface area contributed by atoms with Crippen LogP contribution in [0.5, 0.6) is 5.75 Å². The lowest BCUT2D eigenvalue weighted by atomic mass is 10.2. The van der Waals surface area contributed by atoms with Gasteiger partial charge in [-0.25, -0.2) is 4.79 Å². The molecule has 8 nitrogen and oxygen atoms in total. The first-order valence-electron chi connectivity index (χ1n) is 10.4. The Morgan fingerprint density at radius 1 is 1.26 bits per heavy atom. The molecule has 1 heterocycles. The highest BCUT2D eigenvalue weighted by Gasteiger charge is 2.26. The Hall–Kier alpha value is -2.78. The van der Waals surface area contributed by atoms with Gasteiger partial charge in [-0.2, -0.15) is 8.78 Å². The molecular formula is C21H33F2N5O3. The summed E-state index contributed by atoms with van der Waals surface area (Å²) in [5, 5.41) is 9.28. The predicted molar refractivity (Wildman–Crippen MR) is 117 cm³/mol. The predicted octanol–water partition coefficient (Wildman–Crippen LogP) is 2.95. The zero-order valence-electron chi connectivity index (χ0n) is 18.6. The summed E-state index contributed by atoms with van der Waals surface area (Å²) >= 11 is 0. The van der Waals surface area contributed by atoms with Crippen LogP contribution in [0.15, 0.2) is 29.3 Å². The molecule has 3 N–H and O–H groups in total. The number of alkyl carbamates (subject to hydrolysis) is 1. The minimum Gasteiger partial charge on any atom is -0.444 e. The quantitative estimate of drug-likeness (QED) is 0.327. The molecular weight excluding hydrogens is 408 g/mol. The Morgan fingerprint density at radius 3 is 2.65 bits per heavy atom. The molecule has 0 saturated carbocycles. The second-order valence-electron chi connectivity index (χ2n) is 8.20. The van der Waals surface area contributed by atoms with E-state index in [-0.39, 0.29) is 11.8 Å². The molecule has 1 atom stereocenters. The number of para-hydroxylation sites is 2. The molecule has 0 radical (unpaired) electrons. The van der Waals surface area contributed by atoms with E-state index in [1.165, 1.54) is 0 Å². The Balaban J connectivity index is 1.74. The van der Waals surface area contributed by atoms with Crippen LogP contribution in [-0.4, -0.2) is 63.5 Å². The average molecular weight is 442 g/mol. The van der Waals surface area contributed by atoms with Crippen LogP contribution in [0.3, 0.4) is 0 Å². The van der Waals surface area contributed by atoms with Crippen LogP contribution in [0.4, 0.5) is 19.3 Å². The van der Waals surface area contributed by atoms with Gasteiger partial charge in [0.15, 0.2) is 5.96 Å². The number of hydrogen-bond donors (Lipinski definition) is 3. The van der Waals surface area contributed by atoms with Gasteiger partial charge in [0, 0.05) is 39.3 Å². The van der Waals surface area contributed by atoms with Crippen molar-refractivity contribution in [1.29, 1.82) is 0 Å². The number of alkyl halides is 2. The molecule has 1 aromatic carbocycles. The Kier molecular flexibility index (Phi) is 9.14. The van der Waals surface area contributed by atoms with Crippen molar-refractivity contribution in [1.82, 2.24) is 16.0 Å². The first-order valence-corrected chi connectivity index (χ1v) is 10.4. The molecule has 0 aliphatic carbocycles. The van der Waals surface area contributed by atoms with Crippen LogP contribution < -0.4 is 25.6 Å². The van der Waals surface area contributed by atoms with Gasteiger partial charge >= 0.3 is 12.7 Å². The Bertz CT molecular complexity index is 740. The number of rotatable bonds is 8. The number of carbonyl (C=O) groups excluding carboxylic acids is 1. The van der Waals surface area contributed by atoms with Gasteiger partial charge in [0.2, 0.25) is 0 Å². The maximum Gasteiger partial charge on any atom is 0.407 e. The summed E-state index contributed by atoms with van der Waals surface area (Å²) in [7, 11) is 1.69. The molecule has 0 spiro atoms. The maximum atomic E-state index is 12.7. The van der Waals surface area contributed by atoms with Gasteiger partial charge in [-0.3, -0.25) is 4.99 Å². The number of carbonyl (C=O) groups is 1. The largest absolute Gasteiger partial charge is 0.444 e. The molecule has 1 aromatic rings. The molecule has 1 aliphatic heterocycles. The minimum absolute atomic E-state index is 0.116. The first-order chi connectivity index (χ1) is 14.7. The number of nitrogens with zero attached hydrogens (tertiary/aromatic N) is 2. The first kappa shape index (κ1) is 24.5. The van der Waals surface area contributed by atoms with E-state index < -0.39 is 18.3 Å². The van der Waals surface area contributed by atoms with Crippen molar-refractivity contribution in [2.45, 2.75) is 51.9 Å². The fourth-order valence-electron chi connectivity index (χ4n) is 3.20. The van der Waals surface area contributed by atoms with E-state index in [1.807, 2.05) is 25.7 Å². The van der Waals surface area contributed by atoms with Crippen molar-refractivity contribution < 1.29 is 23.0 Å². The highest BCUT2D eigenvalue weighted by Crippen LogP contribution is 2.31. The topological polar surface area (TPSA) is 87.2 Å². The van der Waals surface area contributed by atoms with E-state index in [0.29, 0.717) is 37.7 Å². The number of aliphatic imine (C=N–C) groups is 1. The number of amides is 1. The van der Waals surface area contributed by atoms with Gasteiger partial charge in [-0.15, -0.1) is 0 Å². The van der Waals surface area contributed by atoms with Crippen molar-refractivity contribution in [2.75, 3.05) is 38.1 Å². The molecule has 0 bridgehead atoms. The van der Waals surface area contributed by atoms with Crippen LogP contribution in [0.1, 0.15) is 33.6 Å². The number of ether oxygens (including phenoxy) is 2. The second-order valence-corrected chi connectivity index (χ2v) is 8.20. The highest BCUT2D eigenvalue weighted by molar-refractivity contribution is 5.80. The fourth-order valence-corrected chi connectivity index (χ4v) is 3.20. The van der Waals surface area contributed by atoms with Crippen molar-refractivity contribution in [3.8, 4) is 5.75 Å². The number of hydrogen-bond acceptors (Lipinski definition) is 5. The van der Waals surface area contributed by atoms with Crippen LogP contribution in [-0.2, 0) is 4.74 Å². The third kappa shape index (κ3) is 8.85. The van der Waals surface area contributed by atoms with E-state index in [0.717, 1.165) is 13.0 Å². The van der Waals surface area contributed by atoms with Crippen LogP contribution in [0.25, 0.3) is 0 Å². The van der Waals surface area contributed by atoms with Crippen LogP contribution >= 0.6 is 0 Å². The van der Waals surface area contributed by atoms with Crippen molar-refractivity contribution in [3.05, 3.63) is 24.3 Å². The summed E-state index contributed by atoms with van der Waals surface area (Å²) in [6.07, 6.45) is 1.11. The molecule has 174 valence electrons. The molecule has 0 aromatic heterocycles. The molecule has 10 heteroatoms. The molecule has 1 aliphatic rings. The average Bonchev–Trinajstić information content (AvgIpc) is 3.13. The summed E-state index contributed by atoms with van der Waals surface area (Å²) in [5.74, 6) is 0.833. The third-order valence-corrected chi connectivity index (χ3v) is 4.49. The zero-order valence-corrected chi connectivity index (χ0v) is 18.6. The lowest BCUT2D eigenvalue weighted by molar-refractivity contribution is -0.0495. The van der Waals surface area contributed by atoms with Gasteiger partial charge in [0.05, 0.1) is 5.69 Å². The number of halogens is 2. The summed E-state index contributed by atoms with van der Waals surface area (Å²) < 4.78 is 35.2. The lowest BCUT2D eigenvalue weighted by Crippen LogP contribution is -2.45. The SMILES string of the molecule is CN=C(NCCCNC(=O)OC(C)(C)C)NC1CCN(c2ccccc2OC(F)F)C1. The third-order valence-electron chi connectivity index (χ3n) is 4.49. The van der Waals surface area contributed by atoms with Crippen molar-refractivity contribution >= 4 is 17.7 Å². The molecule has 1 unspecified atom stereocenters. The number of benzene rings is 1. The van der Waals surface area contributed by atoms with Gasteiger partial charge in [0.25, 0.3) is 0 Å². The summed E-state index contributed by atoms with van der Waals surface area (Å²) in [4.78, 5) is 17.9. The number of anilines is 1. The van der Waals surface area contributed by atoms with Crippen molar-refractivity contribution in [2.24, 2.45) is 4.99 Å². The van der Waals surface area contributed by atoms with Gasteiger partial charge < -0.3 is 30.3 Å². The highest BCUT2D eigenvalue weighted by atomic mass is 19.3. The number of nitrogens with one attached hydrogen (secondary N) is 3. The second kappa shape index (κ2) is 11.6. The van der Waals surface area contributed by atoms with Gasteiger partial charge in [-0.1, -0.05) is 12.1 Å². The van der Waals surface area contributed by atoms with Crippen LogP contribution in [0, 0.1) is 0 Å². The Labute approximate surface area is 182 Å². The number of guanidine groups is 1. The smallest absolute Gasteiger partial charge is 0.407 e. The summed E-state index contributed by atoms with van der Waals surface area (Å²) in [6, 6.07) is 6.93. The van der Waals surface area contributed by atoms with Gasteiger partial charge in [-0.05, 0) is 45.7 Å². The van der Waals surface area contributed by atoms with Crippen LogP contribution in [0.2, 0.25) is 0 Å². The molecule has 2 rings (SSSR count).